The molecule has 3 rings (SSSR count). The highest BCUT2D eigenvalue weighted by Gasteiger charge is 2.21. The molecule has 0 aromatic heterocycles. The molecule has 1 heterocycles. The summed E-state index contributed by atoms with van der Waals surface area (Å²) in [6, 6.07) is 9.51. The summed E-state index contributed by atoms with van der Waals surface area (Å²) in [7, 11) is 0. The van der Waals surface area contributed by atoms with E-state index in [9.17, 15) is 13.6 Å². The maximum Gasteiger partial charge on any atom is 0.255 e. The Kier molecular flexibility index (Phi) is 6.27. The van der Waals surface area contributed by atoms with Crippen LogP contribution in [-0.2, 0) is 0 Å². The van der Waals surface area contributed by atoms with E-state index < -0.39 is 17.5 Å². The average Bonchev–Trinajstić information content (AvgIpc) is 3.21. The Morgan fingerprint density at radius 1 is 1.07 bits per heavy atom. The number of hydrogen-bond donors (Lipinski definition) is 1. The largest absolute Gasteiger partial charge is 0.494 e. The molecule has 1 amide bonds. The first-order chi connectivity index (χ1) is 13.1. The molecule has 0 saturated carbocycles. The fourth-order valence-electron chi connectivity index (χ4n) is 3.07. The van der Waals surface area contributed by atoms with Crippen LogP contribution < -0.4 is 15.0 Å². The molecule has 144 valence electrons. The van der Waals surface area contributed by atoms with Crippen molar-refractivity contribution in [1.82, 2.24) is 0 Å². The van der Waals surface area contributed by atoms with Gasteiger partial charge in [-0.25, -0.2) is 8.78 Å². The van der Waals surface area contributed by atoms with Crippen LogP contribution in [0.15, 0.2) is 36.4 Å². The van der Waals surface area contributed by atoms with Gasteiger partial charge >= 0.3 is 0 Å². The van der Waals surface area contributed by atoms with E-state index in [-0.39, 0.29) is 11.4 Å². The lowest BCUT2D eigenvalue weighted by Gasteiger charge is -2.19. The minimum Gasteiger partial charge on any atom is -0.494 e. The topological polar surface area (TPSA) is 41.6 Å². The molecule has 0 atom stereocenters. The minimum absolute atomic E-state index is 0.163. The Hall–Kier alpha value is -2.63. The van der Waals surface area contributed by atoms with Gasteiger partial charge in [-0.1, -0.05) is 13.3 Å². The summed E-state index contributed by atoms with van der Waals surface area (Å²) in [4.78, 5) is 14.2. The zero-order valence-electron chi connectivity index (χ0n) is 15.4. The number of hydrogen-bond acceptors (Lipinski definition) is 3. The molecule has 1 aliphatic heterocycles. The van der Waals surface area contributed by atoms with Gasteiger partial charge in [-0.05, 0) is 55.7 Å². The van der Waals surface area contributed by atoms with Gasteiger partial charge in [0.2, 0.25) is 0 Å². The lowest BCUT2D eigenvalue weighted by atomic mass is 10.2. The zero-order valence-corrected chi connectivity index (χ0v) is 15.4. The lowest BCUT2D eigenvalue weighted by Crippen LogP contribution is -2.20. The number of amides is 1. The predicted molar refractivity (Wildman–Crippen MR) is 103 cm³/mol. The molecular formula is C21H24F2N2O2. The van der Waals surface area contributed by atoms with Crippen LogP contribution in [0.1, 0.15) is 43.0 Å². The predicted octanol–water partition coefficient (Wildman–Crippen LogP) is 5.00. The second-order valence-electron chi connectivity index (χ2n) is 6.63. The Balaban J connectivity index is 1.67. The summed E-state index contributed by atoms with van der Waals surface area (Å²) in [5, 5.41) is 2.44. The molecule has 27 heavy (non-hydrogen) atoms. The van der Waals surface area contributed by atoms with Crippen LogP contribution in [0, 0.1) is 11.6 Å². The number of nitrogens with zero attached hydrogens (tertiary/aromatic N) is 1. The summed E-state index contributed by atoms with van der Waals surface area (Å²) >= 11 is 0. The molecule has 1 saturated heterocycles. The summed E-state index contributed by atoms with van der Waals surface area (Å²) in [5.74, 6) is -1.78. The first kappa shape index (κ1) is 19.1. The van der Waals surface area contributed by atoms with E-state index in [0.29, 0.717) is 17.9 Å². The quantitative estimate of drug-likeness (QED) is 0.694. The SMILES string of the molecule is CCCCOc1ccc(C(=O)Nc2ccc(N3CCCC3)c(F)c2F)cc1. The van der Waals surface area contributed by atoms with Crippen LogP contribution in [0.5, 0.6) is 5.75 Å². The summed E-state index contributed by atoms with van der Waals surface area (Å²) in [6.45, 7) is 4.13. The molecule has 0 aliphatic carbocycles. The van der Waals surface area contributed by atoms with Gasteiger partial charge in [0, 0.05) is 18.7 Å². The van der Waals surface area contributed by atoms with Gasteiger partial charge in [0.1, 0.15) is 5.75 Å². The van der Waals surface area contributed by atoms with E-state index in [0.717, 1.165) is 38.8 Å². The van der Waals surface area contributed by atoms with Crippen LogP contribution in [-0.4, -0.2) is 25.6 Å². The van der Waals surface area contributed by atoms with E-state index in [1.54, 1.807) is 24.3 Å². The van der Waals surface area contributed by atoms with Crippen molar-refractivity contribution >= 4 is 17.3 Å². The first-order valence-corrected chi connectivity index (χ1v) is 9.37. The summed E-state index contributed by atoms with van der Waals surface area (Å²) in [5.41, 5.74) is 0.432. The van der Waals surface area contributed by atoms with Crippen molar-refractivity contribution in [3.8, 4) is 5.75 Å². The van der Waals surface area contributed by atoms with Crippen LogP contribution in [0.4, 0.5) is 20.2 Å². The molecule has 0 spiro atoms. The highest BCUT2D eigenvalue weighted by Crippen LogP contribution is 2.29. The number of rotatable bonds is 7. The van der Waals surface area contributed by atoms with Gasteiger partial charge in [0.15, 0.2) is 11.6 Å². The number of carbonyl (C=O) groups is 1. The van der Waals surface area contributed by atoms with E-state index in [1.807, 2.05) is 4.90 Å². The first-order valence-electron chi connectivity index (χ1n) is 9.37. The number of anilines is 2. The standard InChI is InChI=1S/C21H24F2N2O2/c1-2-3-14-27-16-8-6-15(7-9-16)21(26)24-17-10-11-18(20(23)19(17)22)25-12-4-5-13-25/h6-11H,2-5,12-14H2,1H3,(H,24,26). The third-order valence-electron chi connectivity index (χ3n) is 4.64. The van der Waals surface area contributed by atoms with Crippen molar-refractivity contribution in [2.45, 2.75) is 32.6 Å². The fraction of sp³-hybridized carbons (Fsp3) is 0.381. The molecule has 4 nitrogen and oxygen atoms in total. The third-order valence-corrected chi connectivity index (χ3v) is 4.64. The van der Waals surface area contributed by atoms with E-state index >= 15 is 0 Å². The van der Waals surface area contributed by atoms with Crippen molar-refractivity contribution in [2.75, 3.05) is 29.9 Å². The summed E-state index contributed by atoms with van der Waals surface area (Å²) < 4.78 is 34.3. The van der Waals surface area contributed by atoms with Gasteiger partial charge in [0.25, 0.3) is 5.91 Å². The molecule has 6 heteroatoms. The van der Waals surface area contributed by atoms with Crippen molar-refractivity contribution < 1.29 is 18.3 Å². The Morgan fingerprint density at radius 2 is 1.78 bits per heavy atom. The van der Waals surface area contributed by atoms with Gasteiger partial charge < -0.3 is 15.0 Å². The monoisotopic (exact) mass is 374 g/mol. The molecule has 1 N–H and O–H groups in total. The molecule has 1 fully saturated rings. The Morgan fingerprint density at radius 3 is 2.44 bits per heavy atom. The molecule has 2 aromatic rings. The number of unbranched alkanes of at least 4 members (excludes halogenated alkanes) is 1. The molecule has 1 aliphatic rings. The lowest BCUT2D eigenvalue weighted by molar-refractivity contribution is 0.102. The fourth-order valence-corrected chi connectivity index (χ4v) is 3.07. The normalized spacial score (nSPS) is 13.7. The minimum atomic E-state index is -1.03. The molecule has 2 aromatic carbocycles. The summed E-state index contributed by atoms with van der Waals surface area (Å²) in [6.07, 6.45) is 3.94. The molecule has 0 unspecified atom stereocenters. The Bertz CT molecular complexity index is 788. The smallest absolute Gasteiger partial charge is 0.255 e. The zero-order chi connectivity index (χ0) is 19.2. The van der Waals surface area contributed by atoms with E-state index in [2.05, 4.69) is 12.2 Å². The van der Waals surface area contributed by atoms with Crippen LogP contribution in [0.3, 0.4) is 0 Å². The van der Waals surface area contributed by atoms with Crippen molar-refractivity contribution in [3.05, 3.63) is 53.6 Å². The number of carbonyl (C=O) groups excluding carboxylic acids is 1. The van der Waals surface area contributed by atoms with Gasteiger partial charge in [-0.15, -0.1) is 0 Å². The van der Waals surface area contributed by atoms with E-state index in [1.165, 1.54) is 12.1 Å². The van der Waals surface area contributed by atoms with Crippen LogP contribution in [0.2, 0.25) is 0 Å². The highest BCUT2D eigenvalue weighted by molar-refractivity contribution is 6.04. The number of benzene rings is 2. The van der Waals surface area contributed by atoms with Crippen LogP contribution in [0.25, 0.3) is 0 Å². The van der Waals surface area contributed by atoms with Crippen molar-refractivity contribution in [1.29, 1.82) is 0 Å². The molecule has 0 bridgehead atoms. The van der Waals surface area contributed by atoms with E-state index in [4.69, 9.17) is 4.74 Å². The third kappa shape index (κ3) is 4.56. The maximum atomic E-state index is 14.4. The highest BCUT2D eigenvalue weighted by atomic mass is 19.2. The average molecular weight is 374 g/mol. The molecular weight excluding hydrogens is 350 g/mol. The Labute approximate surface area is 158 Å². The van der Waals surface area contributed by atoms with Crippen molar-refractivity contribution in [2.24, 2.45) is 0 Å². The van der Waals surface area contributed by atoms with Gasteiger partial charge in [-0.3, -0.25) is 4.79 Å². The van der Waals surface area contributed by atoms with Gasteiger partial charge in [-0.2, -0.15) is 0 Å². The second kappa shape index (κ2) is 8.84. The second-order valence-corrected chi connectivity index (χ2v) is 6.63. The number of ether oxygens (including phenoxy) is 1. The number of halogens is 2. The van der Waals surface area contributed by atoms with Crippen molar-refractivity contribution in [3.63, 3.8) is 0 Å². The number of nitrogens with one attached hydrogen (secondary N) is 1. The van der Waals surface area contributed by atoms with Crippen LogP contribution >= 0.6 is 0 Å². The maximum absolute atomic E-state index is 14.4. The van der Waals surface area contributed by atoms with Gasteiger partial charge in [0.05, 0.1) is 18.0 Å². The molecule has 0 radical (unpaired) electrons.